The van der Waals surface area contributed by atoms with Crippen LogP contribution in [-0.2, 0) is 19.6 Å². The number of aryl methyl sites for hydroxylation is 1. The topological polar surface area (TPSA) is 117 Å². The number of ether oxygens (including phenoxy) is 1. The lowest BCUT2D eigenvalue weighted by Gasteiger charge is -2.21. The summed E-state index contributed by atoms with van der Waals surface area (Å²) in [6, 6.07) is 21.3. The van der Waals surface area contributed by atoms with E-state index in [-0.39, 0.29) is 12.5 Å². The minimum absolute atomic E-state index is 0.144. The molecule has 9 nitrogen and oxygen atoms in total. The molecule has 0 heterocycles. The van der Waals surface area contributed by atoms with Crippen molar-refractivity contribution in [1.82, 2.24) is 5.43 Å². The highest BCUT2D eigenvalue weighted by molar-refractivity contribution is 7.92. The van der Waals surface area contributed by atoms with Crippen LogP contribution in [0.3, 0.4) is 0 Å². The van der Waals surface area contributed by atoms with Gasteiger partial charge in [0.05, 0.1) is 18.2 Å². The van der Waals surface area contributed by atoms with Gasteiger partial charge in [-0.05, 0) is 72.5 Å². The van der Waals surface area contributed by atoms with Gasteiger partial charge in [0.25, 0.3) is 11.8 Å². The molecule has 0 aliphatic rings. The van der Waals surface area contributed by atoms with Crippen molar-refractivity contribution in [2.24, 2.45) is 5.10 Å². The fourth-order valence-electron chi connectivity index (χ4n) is 3.40. The molecule has 0 spiro atoms. The number of carbonyl (C=O) groups is 2. The van der Waals surface area contributed by atoms with Crippen LogP contribution < -0.4 is 19.8 Å². The maximum atomic E-state index is 12.4. The second-order valence-electron chi connectivity index (χ2n) is 9.08. The molecular weight excluding hydrogens is 504 g/mol. The molecule has 10 heteroatoms. The molecular formula is C28H32N4O5S. The zero-order valence-electron chi connectivity index (χ0n) is 21.8. The maximum absolute atomic E-state index is 12.4. The van der Waals surface area contributed by atoms with E-state index in [2.05, 4.69) is 15.8 Å². The molecule has 3 aromatic carbocycles. The van der Waals surface area contributed by atoms with E-state index in [0.717, 1.165) is 21.7 Å². The highest BCUT2D eigenvalue weighted by Gasteiger charge is 2.20. The van der Waals surface area contributed by atoms with E-state index in [1.807, 2.05) is 57.2 Å². The Morgan fingerprint density at radius 3 is 2.16 bits per heavy atom. The first-order chi connectivity index (χ1) is 18.0. The molecule has 0 atom stereocenters. The van der Waals surface area contributed by atoms with Crippen LogP contribution in [-0.4, -0.2) is 45.9 Å². The first-order valence-corrected chi connectivity index (χ1v) is 13.8. The van der Waals surface area contributed by atoms with E-state index < -0.39 is 22.5 Å². The summed E-state index contributed by atoms with van der Waals surface area (Å²) in [7, 11) is -3.68. The average molecular weight is 537 g/mol. The summed E-state index contributed by atoms with van der Waals surface area (Å²) in [4.78, 5) is 24.5. The van der Waals surface area contributed by atoms with Gasteiger partial charge in [-0.3, -0.25) is 13.9 Å². The molecule has 3 aromatic rings. The third-order valence-electron chi connectivity index (χ3n) is 5.52. The van der Waals surface area contributed by atoms with Gasteiger partial charge in [-0.25, -0.2) is 13.8 Å². The normalized spacial score (nSPS) is 11.4. The number of hydrogen-bond acceptors (Lipinski definition) is 6. The van der Waals surface area contributed by atoms with Gasteiger partial charge in [0.1, 0.15) is 12.3 Å². The van der Waals surface area contributed by atoms with Crippen molar-refractivity contribution in [3.63, 3.8) is 0 Å². The fraction of sp³-hybridized carbons (Fsp3) is 0.250. The number of carbonyl (C=O) groups excluding carboxylic acids is 2. The van der Waals surface area contributed by atoms with Crippen LogP contribution in [0.5, 0.6) is 5.75 Å². The van der Waals surface area contributed by atoms with E-state index in [1.54, 1.807) is 36.4 Å². The predicted molar refractivity (Wildman–Crippen MR) is 150 cm³/mol. The lowest BCUT2D eigenvalue weighted by atomic mass is 10.0. The molecule has 0 unspecified atom stereocenters. The molecule has 2 N–H and O–H groups in total. The van der Waals surface area contributed by atoms with Crippen molar-refractivity contribution < 1.29 is 22.7 Å². The number of nitrogens with one attached hydrogen (secondary N) is 2. The summed E-state index contributed by atoms with van der Waals surface area (Å²) in [5.74, 6) is -0.0598. The Labute approximate surface area is 223 Å². The van der Waals surface area contributed by atoms with Gasteiger partial charge in [0, 0.05) is 5.69 Å². The van der Waals surface area contributed by atoms with Crippen LogP contribution in [0.15, 0.2) is 77.9 Å². The van der Waals surface area contributed by atoms with Crippen LogP contribution in [0.25, 0.3) is 0 Å². The van der Waals surface area contributed by atoms with Gasteiger partial charge in [-0.1, -0.05) is 43.7 Å². The molecule has 0 saturated carbocycles. The average Bonchev–Trinajstić information content (AvgIpc) is 2.87. The minimum atomic E-state index is -3.68. The number of benzene rings is 3. The molecule has 0 aromatic heterocycles. The third-order valence-corrected chi connectivity index (χ3v) is 6.66. The summed E-state index contributed by atoms with van der Waals surface area (Å²) in [5.41, 5.74) is 6.29. The Morgan fingerprint density at radius 2 is 1.58 bits per heavy atom. The van der Waals surface area contributed by atoms with Crippen LogP contribution in [0, 0.1) is 6.92 Å². The first kappa shape index (κ1) is 28.4. The molecule has 0 fully saturated rings. The summed E-state index contributed by atoms with van der Waals surface area (Å²) >= 11 is 0. The van der Waals surface area contributed by atoms with E-state index >= 15 is 0 Å². The van der Waals surface area contributed by atoms with Crippen molar-refractivity contribution in [3.8, 4) is 5.75 Å². The number of hydrazone groups is 1. The number of nitrogens with zero attached hydrogens (tertiary/aromatic N) is 2. The van der Waals surface area contributed by atoms with Crippen LogP contribution >= 0.6 is 0 Å². The van der Waals surface area contributed by atoms with Crippen molar-refractivity contribution in [3.05, 3.63) is 89.5 Å². The van der Waals surface area contributed by atoms with E-state index in [0.29, 0.717) is 28.6 Å². The van der Waals surface area contributed by atoms with Gasteiger partial charge < -0.3 is 10.1 Å². The summed E-state index contributed by atoms with van der Waals surface area (Å²) in [6.45, 7) is 5.50. The number of amides is 2. The second kappa shape index (κ2) is 12.9. The van der Waals surface area contributed by atoms with Gasteiger partial charge in [-0.15, -0.1) is 0 Å². The smallest absolute Gasteiger partial charge is 0.262 e. The Morgan fingerprint density at radius 1 is 0.947 bits per heavy atom. The standard InChI is InChI=1S/C28H32N4O5S/c1-20(2)23-9-13-25(14-10-23)32(38(4,35)36)18-27(33)31-29-17-22-7-15-26(16-8-22)37-19-28(34)30-24-11-5-21(3)6-12-24/h5-17,20H,18-19H2,1-4H3,(H,30,34)(H,31,33)/b29-17+. The van der Waals surface area contributed by atoms with Crippen molar-refractivity contribution in [2.75, 3.05) is 29.0 Å². The van der Waals surface area contributed by atoms with Gasteiger partial charge >= 0.3 is 0 Å². The lowest BCUT2D eigenvalue weighted by molar-refractivity contribution is -0.119. The number of rotatable bonds is 11. The SMILES string of the molecule is Cc1ccc(NC(=O)COc2ccc(/C=N/NC(=O)CN(c3ccc(C(C)C)cc3)S(C)(=O)=O)cc2)cc1. The van der Waals surface area contributed by atoms with Gasteiger partial charge in [0.2, 0.25) is 10.0 Å². The predicted octanol–water partition coefficient (Wildman–Crippen LogP) is 4.05. The highest BCUT2D eigenvalue weighted by atomic mass is 32.2. The lowest BCUT2D eigenvalue weighted by Crippen LogP contribution is -2.39. The molecule has 0 aliphatic carbocycles. The molecule has 0 aliphatic heterocycles. The molecule has 200 valence electrons. The first-order valence-electron chi connectivity index (χ1n) is 12.0. The highest BCUT2D eigenvalue weighted by Crippen LogP contribution is 2.22. The number of anilines is 2. The summed E-state index contributed by atoms with van der Waals surface area (Å²) < 4.78 is 31.1. The number of sulfonamides is 1. The Kier molecular flexibility index (Phi) is 9.61. The molecule has 0 radical (unpaired) electrons. The quantitative estimate of drug-likeness (QED) is 0.283. The monoisotopic (exact) mass is 536 g/mol. The summed E-state index contributed by atoms with van der Waals surface area (Å²) in [6.07, 6.45) is 2.48. The largest absolute Gasteiger partial charge is 0.484 e. The van der Waals surface area contributed by atoms with E-state index in [9.17, 15) is 18.0 Å². The second-order valence-corrected chi connectivity index (χ2v) is 11.0. The van der Waals surface area contributed by atoms with E-state index in [4.69, 9.17) is 4.74 Å². The molecule has 38 heavy (non-hydrogen) atoms. The van der Waals surface area contributed by atoms with Crippen LogP contribution in [0.4, 0.5) is 11.4 Å². The van der Waals surface area contributed by atoms with Gasteiger partial charge in [0.15, 0.2) is 6.61 Å². The van der Waals surface area contributed by atoms with Crippen molar-refractivity contribution in [1.29, 1.82) is 0 Å². The number of hydrogen-bond donors (Lipinski definition) is 2. The van der Waals surface area contributed by atoms with Crippen molar-refractivity contribution >= 4 is 39.4 Å². The maximum Gasteiger partial charge on any atom is 0.262 e. The molecule has 3 rings (SSSR count). The Balaban J connectivity index is 1.50. The zero-order valence-corrected chi connectivity index (χ0v) is 22.7. The zero-order chi connectivity index (χ0) is 27.7. The van der Waals surface area contributed by atoms with Crippen LogP contribution in [0.2, 0.25) is 0 Å². The Bertz CT molecular complexity index is 1370. The molecule has 0 saturated heterocycles. The molecule has 2 amide bonds. The molecule has 0 bridgehead atoms. The van der Waals surface area contributed by atoms with Crippen molar-refractivity contribution in [2.45, 2.75) is 26.7 Å². The summed E-state index contributed by atoms with van der Waals surface area (Å²) in [5, 5.41) is 6.68. The van der Waals surface area contributed by atoms with Crippen LogP contribution in [0.1, 0.15) is 36.5 Å². The third kappa shape index (κ3) is 8.74. The fourth-order valence-corrected chi connectivity index (χ4v) is 4.26. The van der Waals surface area contributed by atoms with Gasteiger partial charge in [-0.2, -0.15) is 5.10 Å². The Hall–Kier alpha value is -4.18. The minimum Gasteiger partial charge on any atom is -0.484 e. The van der Waals surface area contributed by atoms with E-state index in [1.165, 1.54) is 6.21 Å².